The quantitative estimate of drug-likeness (QED) is 0.839. The molecule has 7 nitrogen and oxygen atoms in total. The van der Waals surface area contributed by atoms with E-state index in [-0.39, 0.29) is 11.9 Å². The zero-order valence-electron chi connectivity index (χ0n) is 15.0. The van der Waals surface area contributed by atoms with Crippen LogP contribution in [-0.4, -0.2) is 52.3 Å². The van der Waals surface area contributed by atoms with Crippen LogP contribution in [0.1, 0.15) is 59.1 Å². The van der Waals surface area contributed by atoms with Crippen LogP contribution in [0.15, 0.2) is 16.7 Å². The summed E-state index contributed by atoms with van der Waals surface area (Å²) in [7, 11) is 1.86. The van der Waals surface area contributed by atoms with E-state index in [4.69, 9.17) is 4.52 Å². The number of aromatic nitrogens is 3. The molecule has 136 valence electrons. The van der Waals surface area contributed by atoms with Gasteiger partial charge in [0.05, 0.1) is 11.7 Å². The summed E-state index contributed by atoms with van der Waals surface area (Å²) in [5, 5.41) is 12.8. The van der Waals surface area contributed by atoms with Crippen LogP contribution in [0.2, 0.25) is 0 Å². The first-order chi connectivity index (χ1) is 12.7. The number of hydrogen-bond acceptors (Lipinski definition) is 6. The lowest BCUT2D eigenvalue weighted by Gasteiger charge is -2.44. The fourth-order valence-electron chi connectivity index (χ4n) is 3.87. The first-order valence-electron chi connectivity index (χ1n) is 9.54. The Morgan fingerprint density at radius 1 is 1.19 bits per heavy atom. The monoisotopic (exact) mass is 353 g/mol. The summed E-state index contributed by atoms with van der Waals surface area (Å²) in [5.74, 6) is 2.38. The van der Waals surface area contributed by atoms with Crippen LogP contribution in [0.3, 0.4) is 0 Å². The third kappa shape index (κ3) is 2.66. The highest BCUT2D eigenvalue weighted by Crippen LogP contribution is 2.39. The summed E-state index contributed by atoms with van der Waals surface area (Å²) in [6, 6.07) is 4.31. The maximum atomic E-state index is 12.8. The molecule has 2 aromatic rings. The summed E-state index contributed by atoms with van der Waals surface area (Å²) >= 11 is 0. The molecule has 3 aliphatic rings. The lowest BCUT2D eigenvalue weighted by molar-refractivity contribution is 0.0693. The lowest BCUT2D eigenvalue weighted by Crippen LogP contribution is -2.60. The number of likely N-dealkylation sites (N-methyl/N-ethyl adjacent to an activating group) is 1. The predicted octanol–water partition coefficient (Wildman–Crippen LogP) is 2.18. The Morgan fingerprint density at radius 2 is 2.00 bits per heavy atom. The van der Waals surface area contributed by atoms with Gasteiger partial charge in [0.2, 0.25) is 0 Å². The van der Waals surface area contributed by atoms with Gasteiger partial charge in [-0.15, -0.1) is 5.10 Å². The largest absolute Gasteiger partial charge is 0.360 e. The van der Waals surface area contributed by atoms with Crippen molar-refractivity contribution in [2.45, 2.75) is 50.5 Å². The van der Waals surface area contributed by atoms with E-state index in [9.17, 15) is 4.79 Å². The SMILES string of the molecule is CN(C(=O)c1noc2c1CCCC2)C1CN(c2ccc(C3CC3)nn2)C1. The third-order valence-corrected chi connectivity index (χ3v) is 5.87. The van der Waals surface area contributed by atoms with E-state index in [0.717, 1.165) is 61.6 Å². The van der Waals surface area contributed by atoms with Gasteiger partial charge in [-0.1, -0.05) is 5.16 Å². The molecule has 0 spiro atoms. The summed E-state index contributed by atoms with van der Waals surface area (Å²) in [5.41, 5.74) is 2.63. The van der Waals surface area contributed by atoms with Gasteiger partial charge in [0, 0.05) is 38.0 Å². The molecule has 0 aromatic carbocycles. The lowest BCUT2D eigenvalue weighted by atomic mass is 9.96. The van der Waals surface area contributed by atoms with Crippen molar-refractivity contribution >= 4 is 11.7 Å². The second-order valence-electron chi connectivity index (χ2n) is 7.71. The van der Waals surface area contributed by atoms with E-state index in [1.54, 1.807) is 4.90 Å². The van der Waals surface area contributed by atoms with Crippen molar-refractivity contribution in [2.24, 2.45) is 0 Å². The van der Waals surface area contributed by atoms with E-state index >= 15 is 0 Å². The van der Waals surface area contributed by atoms with Crippen LogP contribution in [0.25, 0.3) is 0 Å². The minimum absolute atomic E-state index is 0.0308. The number of nitrogens with zero attached hydrogens (tertiary/aromatic N) is 5. The zero-order valence-corrected chi connectivity index (χ0v) is 15.0. The molecular weight excluding hydrogens is 330 g/mol. The van der Waals surface area contributed by atoms with Gasteiger partial charge in [-0.05, 0) is 44.2 Å². The molecule has 2 aliphatic carbocycles. The first-order valence-corrected chi connectivity index (χ1v) is 9.54. The van der Waals surface area contributed by atoms with Crippen LogP contribution in [0.4, 0.5) is 5.82 Å². The highest BCUT2D eigenvalue weighted by atomic mass is 16.5. The molecule has 0 bridgehead atoms. The summed E-state index contributed by atoms with van der Waals surface area (Å²) in [6.07, 6.45) is 6.48. The van der Waals surface area contributed by atoms with Gasteiger partial charge in [-0.2, -0.15) is 5.10 Å². The molecule has 0 N–H and O–H groups in total. The number of fused-ring (bicyclic) bond motifs is 1. The molecule has 7 heteroatoms. The molecule has 0 unspecified atom stereocenters. The van der Waals surface area contributed by atoms with Gasteiger partial charge in [0.25, 0.3) is 5.91 Å². The van der Waals surface area contributed by atoms with Gasteiger partial charge in [0.1, 0.15) is 5.76 Å². The van der Waals surface area contributed by atoms with E-state index < -0.39 is 0 Å². The smallest absolute Gasteiger partial charge is 0.276 e. The maximum absolute atomic E-state index is 12.8. The van der Waals surface area contributed by atoms with Crippen molar-refractivity contribution < 1.29 is 9.32 Å². The minimum atomic E-state index is -0.0308. The Balaban J connectivity index is 1.22. The second-order valence-corrected chi connectivity index (χ2v) is 7.71. The summed E-state index contributed by atoms with van der Waals surface area (Å²) < 4.78 is 5.39. The fourth-order valence-corrected chi connectivity index (χ4v) is 3.87. The van der Waals surface area contributed by atoms with Crippen molar-refractivity contribution in [1.29, 1.82) is 0 Å². The molecule has 26 heavy (non-hydrogen) atoms. The zero-order chi connectivity index (χ0) is 17.7. The summed E-state index contributed by atoms with van der Waals surface area (Å²) in [4.78, 5) is 16.8. The van der Waals surface area contributed by atoms with Gasteiger partial charge >= 0.3 is 0 Å². The van der Waals surface area contributed by atoms with Crippen LogP contribution in [0.5, 0.6) is 0 Å². The van der Waals surface area contributed by atoms with E-state index in [1.807, 2.05) is 13.1 Å². The second kappa shape index (κ2) is 6.07. The van der Waals surface area contributed by atoms with E-state index in [2.05, 4.69) is 26.3 Å². The number of rotatable bonds is 4. The molecule has 2 fully saturated rings. The van der Waals surface area contributed by atoms with E-state index in [0.29, 0.717) is 11.6 Å². The number of carbonyl (C=O) groups is 1. The Hall–Kier alpha value is -2.44. The molecule has 0 atom stereocenters. The van der Waals surface area contributed by atoms with Gasteiger partial charge in [0.15, 0.2) is 11.5 Å². The molecule has 2 aromatic heterocycles. The molecule has 5 rings (SSSR count). The first kappa shape index (κ1) is 15.8. The Bertz CT molecular complexity index is 821. The number of aryl methyl sites for hydroxylation is 1. The maximum Gasteiger partial charge on any atom is 0.276 e. The molecule has 1 aliphatic heterocycles. The van der Waals surface area contributed by atoms with Crippen molar-refractivity contribution in [3.05, 3.63) is 34.8 Å². The number of hydrogen-bond donors (Lipinski definition) is 0. The highest BCUT2D eigenvalue weighted by Gasteiger charge is 2.36. The average Bonchev–Trinajstić information content (AvgIpc) is 3.39. The normalized spacial score (nSPS) is 19.8. The summed E-state index contributed by atoms with van der Waals surface area (Å²) in [6.45, 7) is 1.56. The van der Waals surface area contributed by atoms with Gasteiger partial charge in [-0.3, -0.25) is 4.79 Å². The molecule has 3 heterocycles. The molecule has 1 saturated heterocycles. The minimum Gasteiger partial charge on any atom is -0.360 e. The van der Waals surface area contributed by atoms with Crippen molar-refractivity contribution in [3.8, 4) is 0 Å². The van der Waals surface area contributed by atoms with E-state index in [1.165, 1.54) is 12.8 Å². The van der Waals surface area contributed by atoms with Crippen LogP contribution >= 0.6 is 0 Å². The Kier molecular flexibility index (Phi) is 3.69. The van der Waals surface area contributed by atoms with Gasteiger partial charge < -0.3 is 14.3 Å². The average molecular weight is 353 g/mol. The predicted molar refractivity (Wildman–Crippen MR) is 95.2 cm³/mol. The number of anilines is 1. The molecule has 1 saturated carbocycles. The fraction of sp³-hybridized carbons (Fsp3) is 0.579. The molecular formula is C19H23N5O2. The Labute approximate surface area is 152 Å². The number of amides is 1. The molecule has 1 amide bonds. The van der Waals surface area contributed by atoms with Crippen LogP contribution < -0.4 is 4.90 Å². The van der Waals surface area contributed by atoms with Crippen molar-refractivity contribution in [1.82, 2.24) is 20.3 Å². The number of carbonyl (C=O) groups excluding carboxylic acids is 1. The van der Waals surface area contributed by atoms with Crippen molar-refractivity contribution in [2.75, 3.05) is 25.0 Å². The van der Waals surface area contributed by atoms with Crippen LogP contribution in [0, 0.1) is 0 Å². The van der Waals surface area contributed by atoms with Gasteiger partial charge in [-0.25, -0.2) is 0 Å². The Morgan fingerprint density at radius 3 is 2.73 bits per heavy atom. The van der Waals surface area contributed by atoms with Crippen molar-refractivity contribution in [3.63, 3.8) is 0 Å². The third-order valence-electron chi connectivity index (χ3n) is 5.87. The highest BCUT2D eigenvalue weighted by molar-refractivity contribution is 5.94. The van der Waals surface area contributed by atoms with Crippen LogP contribution in [-0.2, 0) is 12.8 Å². The molecule has 0 radical (unpaired) electrons. The topological polar surface area (TPSA) is 75.4 Å². The standard InChI is InChI=1S/C19H23N5O2/c1-23(19(25)18-14-4-2-3-5-16(14)26-22-18)13-10-24(11-13)17-9-8-15(20-21-17)12-6-7-12/h8-9,12-13H,2-7,10-11H2,1H3.